The van der Waals surface area contributed by atoms with E-state index in [1.807, 2.05) is 0 Å². The molecule has 0 radical (unpaired) electrons. The van der Waals surface area contributed by atoms with Crippen LogP contribution >= 0.6 is 0 Å². The molecule has 2 nitrogen and oxygen atoms in total. The van der Waals surface area contributed by atoms with E-state index < -0.39 is 8.56 Å². The number of hydrogen-bond acceptors (Lipinski definition) is 2. The second-order valence-corrected chi connectivity index (χ2v) is 7.82. The normalized spacial score (nSPS) is 11.5. The molecule has 0 N–H and O–H groups in total. The van der Waals surface area contributed by atoms with Crippen LogP contribution < -0.4 is 0 Å². The van der Waals surface area contributed by atoms with Crippen LogP contribution in [0, 0.1) is 0 Å². The molecule has 0 saturated carbocycles. The fourth-order valence-corrected chi connectivity index (χ4v) is 4.50. The second kappa shape index (κ2) is 5.12. The maximum Gasteiger partial charge on any atom is 0.464 e. The van der Waals surface area contributed by atoms with Crippen molar-refractivity contribution in [3.8, 4) is 0 Å². The van der Waals surface area contributed by atoms with Crippen LogP contribution in [0.2, 0.25) is 11.1 Å². The van der Waals surface area contributed by atoms with Gasteiger partial charge in [-0.3, -0.25) is 0 Å². The Balaban J connectivity index is 4.78. The van der Waals surface area contributed by atoms with Gasteiger partial charge in [-0.15, -0.1) is 0 Å². The topological polar surface area (TPSA) is 18.5 Å². The van der Waals surface area contributed by atoms with E-state index >= 15 is 0 Å². The van der Waals surface area contributed by atoms with E-state index in [-0.39, 0.29) is 0 Å². The zero-order chi connectivity index (χ0) is 10.5. The fourth-order valence-electron chi connectivity index (χ4n) is 1.50. The molecule has 0 bridgehead atoms. The van der Waals surface area contributed by atoms with Crippen LogP contribution in [0.5, 0.6) is 0 Å². The molecule has 13 heavy (non-hydrogen) atoms. The molecule has 0 amide bonds. The van der Waals surface area contributed by atoms with Crippen molar-refractivity contribution >= 4 is 8.56 Å². The van der Waals surface area contributed by atoms with Crippen molar-refractivity contribution in [3.63, 3.8) is 0 Å². The first-order valence-electron chi connectivity index (χ1n) is 4.58. The third-order valence-electron chi connectivity index (χ3n) is 2.14. The van der Waals surface area contributed by atoms with Crippen LogP contribution in [0.3, 0.4) is 0 Å². The number of rotatable bonds is 6. The minimum atomic E-state index is -2.19. The Morgan fingerprint density at radius 3 is 1.38 bits per heavy atom. The van der Waals surface area contributed by atoms with Crippen molar-refractivity contribution < 1.29 is 8.85 Å². The van der Waals surface area contributed by atoms with E-state index in [0.29, 0.717) is 11.1 Å². The Morgan fingerprint density at radius 2 is 1.23 bits per heavy atom. The second-order valence-electron chi connectivity index (χ2n) is 3.60. The Bertz CT molecular complexity index is 156. The molecule has 0 saturated heterocycles. The van der Waals surface area contributed by atoms with Gasteiger partial charge in [-0.05, 0) is 0 Å². The molecule has 0 rings (SSSR count). The first-order chi connectivity index (χ1) is 6.01. The maximum absolute atomic E-state index is 5.60. The highest BCUT2D eigenvalue weighted by molar-refractivity contribution is 6.70. The van der Waals surface area contributed by atoms with E-state index in [1.54, 1.807) is 0 Å². The van der Waals surface area contributed by atoms with Crippen LogP contribution in [0.25, 0.3) is 0 Å². The van der Waals surface area contributed by atoms with E-state index in [2.05, 4.69) is 40.9 Å². The molecule has 0 aliphatic heterocycles. The molecule has 0 aromatic rings. The highest BCUT2D eigenvalue weighted by Gasteiger charge is 2.47. The largest absolute Gasteiger partial charge is 0.519 e. The zero-order valence-electron chi connectivity index (χ0n) is 9.04. The molecular weight excluding hydrogens is 180 g/mol. The SMILES string of the molecule is C=CO[Si](OC=C)(C(C)C)C(C)C. The van der Waals surface area contributed by atoms with Crippen LogP contribution in [0.15, 0.2) is 25.7 Å². The quantitative estimate of drug-likeness (QED) is 0.482. The predicted octanol–water partition coefficient (Wildman–Crippen LogP) is 3.57. The molecule has 0 atom stereocenters. The Morgan fingerprint density at radius 1 is 0.923 bits per heavy atom. The summed E-state index contributed by atoms with van der Waals surface area (Å²) in [6.45, 7) is 15.6. The summed E-state index contributed by atoms with van der Waals surface area (Å²) in [6.07, 6.45) is 2.96. The average molecular weight is 200 g/mol. The summed E-state index contributed by atoms with van der Waals surface area (Å²) in [5.74, 6) is 0. The monoisotopic (exact) mass is 200 g/mol. The van der Waals surface area contributed by atoms with Crippen molar-refractivity contribution in [1.82, 2.24) is 0 Å². The first kappa shape index (κ1) is 12.3. The van der Waals surface area contributed by atoms with Gasteiger partial charge < -0.3 is 8.85 Å². The van der Waals surface area contributed by atoms with E-state index in [9.17, 15) is 0 Å². The van der Waals surface area contributed by atoms with Crippen LogP contribution in [-0.2, 0) is 8.85 Å². The van der Waals surface area contributed by atoms with Crippen molar-refractivity contribution in [2.75, 3.05) is 0 Å². The molecular formula is C10H20O2Si. The van der Waals surface area contributed by atoms with E-state index in [0.717, 1.165) is 0 Å². The van der Waals surface area contributed by atoms with Gasteiger partial charge in [0, 0.05) is 11.1 Å². The van der Waals surface area contributed by atoms with Gasteiger partial charge >= 0.3 is 8.56 Å². The van der Waals surface area contributed by atoms with Gasteiger partial charge in [-0.2, -0.15) is 0 Å². The standard InChI is InChI=1S/C10H20O2Si/c1-7-11-13(9(3)4,10(5)6)12-8-2/h7-10H,1-2H2,3-6H3. The lowest BCUT2D eigenvalue weighted by atomic mass is 10.5. The minimum absolute atomic E-state index is 0.378. The van der Waals surface area contributed by atoms with Crippen molar-refractivity contribution in [1.29, 1.82) is 0 Å². The van der Waals surface area contributed by atoms with Crippen molar-refractivity contribution in [2.24, 2.45) is 0 Å². The molecule has 0 spiro atoms. The highest BCUT2D eigenvalue weighted by atomic mass is 28.4. The predicted molar refractivity (Wildman–Crippen MR) is 58.5 cm³/mol. The van der Waals surface area contributed by atoms with Crippen LogP contribution in [0.1, 0.15) is 27.7 Å². The highest BCUT2D eigenvalue weighted by Crippen LogP contribution is 2.34. The molecule has 0 heterocycles. The lowest BCUT2D eigenvalue weighted by molar-refractivity contribution is 0.280. The van der Waals surface area contributed by atoms with Crippen LogP contribution in [0.4, 0.5) is 0 Å². The Kier molecular flexibility index (Phi) is 4.84. The lowest BCUT2D eigenvalue weighted by Crippen LogP contribution is -2.45. The summed E-state index contributed by atoms with van der Waals surface area (Å²) in [6, 6.07) is 0. The van der Waals surface area contributed by atoms with Gasteiger partial charge in [0.2, 0.25) is 0 Å². The third-order valence-corrected chi connectivity index (χ3v) is 6.43. The fraction of sp³-hybridized carbons (Fsp3) is 0.600. The maximum atomic E-state index is 5.60. The molecule has 0 fully saturated rings. The van der Waals surface area contributed by atoms with Crippen molar-refractivity contribution in [3.05, 3.63) is 25.7 Å². The summed E-state index contributed by atoms with van der Waals surface area (Å²) in [7, 11) is -2.19. The molecule has 0 aliphatic rings. The Labute approximate surface area is 82.5 Å². The van der Waals surface area contributed by atoms with Gasteiger partial charge in [0.15, 0.2) is 0 Å². The van der Waals surface area contributed by atoms with Crippen molar-refractivity contribution in [2.45, 2.75) is 38.8 Å². The zero-order valence-corrected chi connectivity index (χ0v) is 10.0. The molecule has 3 heteroatoms. The number of hydrogen-bond donors (Lipinski definition) is 0. The molecule has 76 valence electrons. The average Bonchev–Trinajstić information content (AvgIpc) is 2.03. The van der Waals surface area contributed by atoms with E-state index in [4.69, 9.17) is 8.85 Å². The van der Waals surface area contributed by atoms with Gasteiger partial charge in [-0.25, -0.2) is 0 Å². The molecule has 0 aliphatic carbocycles. The molecule has 0 unspecified atom stereocenters. The summed E-state index contributed by atoms with van der Waals surface area (Å²) < 4.78 is 11.2. The van der Waals surface area contributed by atoms with Gasteiger partial charge in [0.1, 0.15) is 0 Å². The third kappa shape index (κ3) is 2.62. The molecule has 0 aromatic carbocycles. The first-order valence-corrected chi connectivity index (χ1v) is 6.55. The van der Waals surface area contributed by atoms with Gasteiger partial charge in [-0.1, -0.05) is 40.9 Å². The Hall–Kier alpha value is -0.703. The van der Waals surface area contributed by atoms with Crippen LogP contribution in [-0.4, -0.2) is 8.56 Å². The molecule has 0 aromatic heterocycles. The minimum Gasteiger partial charge on any atom is -0.519 e. The van der Waals surface area contributed by atoms with E-state index in [1.165, 1.54) is 12.5 Å². The summed E-state index contributed by atoms with van der Waals surface area (Å²) >= 11 is 0. The smallest absolute Gasteiger partial charge is 0.464 e. The summed E-state index contributed by atoms with van der Waals surface area (Å²) in [5.41, 5.74) is 0.756. The van der Waals surface area contributed by atoms with Gasteiger partial charge in [0.05, 0.1) is 12.5 Å². The lowest BCUT2D eigenvalue weighted by Gasteiger charge is -2.34. The van der Waals surface area contributed by atoms with Gasteiger partial charge in [0.25, 0.3) is 0 Å². The summed E-state index contributed by atoms with van der Waals surface area (Å²) in [5, 5.41) is 0. The summed E-state index contributed by atoms with van der Waals surface area (Å²) in [4.78, 5) is 0.